The summed E-state index contributed by atoms with van der Waals surface area (Å²) in [6.45, 7) is 6.50. The molecule has 0 heterocycles. The molecule has 4 rings (SSSR count). The van der Waals surface area contributed by atoms with Crippen LogP contribution in [-0.4, -0.2) is 35.4 Å². The monoisotopic (exact) mass is 586 g/mol. The minimum Gasteiger partial charge on any atom is -0.426 e. The van der Waals surface area contributed by atoms with Crippen molar-refractivity contribution in [2.45, 2.75) is 84.0 Å². The number of carbonyl (C=O) groups is 2. The van der Waals surface area contributed by atoms with E-state index in [-0.39, 0.29) is 23.7 Å². The Morgan fingerprint density at radius 2 is 1.58 bits per heavy atom. The lowest BCUT2D eigenvalue weighted by molar-refractivity contribution is -0.139. The van der Waals surface area contributed by atoms with Gasteiger partial charge in [0.15, 0.2) is 0 Å². The van der Waals surface area contributed by atoms with E-state index in [1.54, 1.807) is 13.0 Å². The van der Waals surface area contributed by atoms with Gasteiger partial charge in [-0.1, -0.05) is 88.4 Å². The Morgan fingerprint density at radius 1 is 0.884 bits per heavy atom. The summed E-state index contributed by atoms with van der Waals surface area (Å²) in [5, 5.41) is 20.0. The van der Waals surface area contributed by atoms with E-state index in [1.807, 2.05) is 18.2 Å². The van der Waals surface area contributed by atoms with Crippen LogP contribution in [0.5, 0.6) is 11.5 Å². The zero-order valence-electron chi connectivity index (χ0n) is 25.6. The number of aliphatic hydroxyl groups excluding tert-OH is 2. The smallest absolute Gasteiger partial charge is 0.341 e. The van der Waals surface area contributed by atoms with E-state index >= 15 is 0 Å². The molecule has 0 bridgehead atoms. The standard InChI is InChI=1S/C37H46O6/c1-4-5-6-7-8-9-27-10-12-28(13-11-27)29-14-16-30(17-15-29)31-18-19-34-32(20-31)21-33(42-36(40)25(2)23-38)22-35(34)43-37(41)26(3)24-39/h14-22,25,27-28,38-39H,3-13,23-24H2,1-2H3. The van der Waals surface area contributed by atoms with Gasteiger partial charge in [-0.3, -0.25) is 4.79 Å². The van der Waals surface area contributed by atoms with Crippen molar-refractivity contribution in [2.75, 3.05) is 13.2 Å². The van der Waals surface area contributed by atoms with Crippen molar-refractivity contribution in [3.63, 3.8) is 0 Å². The Balaban J connectivity index is 1.49. The van der Waals surface area contributed by atoms with E-state index in [2.05, 4.69) is 37.8 Å². The number of benzene rings is 3. The highest BCUT2D eigenvalue weighted by atomic mass is 16.5. The highest BCUT2D eigenvalue weighted by molar-refractivity contribution is 5.97. The summed E-state index contributed by atoms with van der Waals surface area (Å²) in [6, 6.07) is 17.8. The molecule has 1 atom stereocenters. The van der Waals surface area contributed by atoms with E-state index < -0.39 is 24.5 Å². The van der Waals surface area contributed by atoms with E-state index in [0.29, 0.717) is 16.7 Å². The zero-order chi connectivity index (χ0) is 30.8. The molecular weight excluding hydrogens is 540 g/mol. The highest BCUT2D eigenvalue weighted by Crippen LogP contribution is 2.39. The first-order valence-electron chi connectivity index (χ1n) is 15.8. The van der Waals surface area contributed by atoms with Crippen LogP contribution in [0.4, 0.5) is 0 Å². The number of unbranched alkanes of at least 4 members (excludes halogenated alkanes) is 4. The molecule has 1 aliphatic carbocycles. The minimum absolute atomic E-state index is 0.0861. The lowest BCUT2D eigenvalue weighted by Gasteiger charge is -2.29. The van der Waals surface area contributed by atoms with Gasteiger partial charge in [0.05, 0.1) is 24.7 Å². The van der Waals surface area contributed by atoms with Crippen LogP contribution in [0.2, 0.25) is 0 Å². The summed E-state index contributed by atoms with van der Waals surface area (Å²) in [7, 11) is 0. The molecule has 6 heteroatoms. The van der Waals surface area contributed by atoms with E-state index in [0.717, 1.165) is 17.0 Å². The van der Waals surface area contributed by atoms with Crippen LogP contribution >= 0.6 is 0 Å². The largest absolute Gasteiger partial charge is 0.426 e. The number of hydrogen-bond donors (Lipinski definition) is 2. The second kappa shape index (κ2) is 15.8. The molecule has 230 valence electrons. The van der Waals surface area contributed by atoms with Crippen LogP contribution in [0, 0.1) is 11.8 Å². The van der Waals surface area contributed by atoms with Gasteiger partial charge in [-0.15, -0.1) is 0 Å². The molecule has 0 radical (unpaired) electrons. The lowest BCUT2D eigenvalue weighted by atomic mass is 9.77. The molecular formula is C37H46O6. The molecule has 3 aromatic carbocycles. The molecule has 1 unspecified atom stereocenters. The van der Waals surface area contributed by atoms with Crippen LogP contribution in [0.25, 0.3) is 21.9 Å². The van der Waals surface area contributed by atoms with Crippen LogP contribution in [0.1, 0.15) is 89.5 Å². The first kappa shape index (κ1) is 32.4. The van der Waals surface area contributed by atoms with Gasteiger partial charge in [-0.05, 0) is 78.7 Å². The van der Waals surface area contributed by atoms with E-state index in [4.69, 9.17) is 9.47 Å². The Morgan fingerprint density at radius 3 is 2.26 bits per heavy atom. The van der Waals surface area contributed by atoms with E-state index in [1.165, 1.54) is 75.8 Å². The van der Waals surface area contributed by atoms with Crippen molar-refractivity contribution in [2.24, 2.45) is 11.8 Å². The molecule has 0 saturated heterocycles. The summed E-state index contributed by atoms with van der Waals surface area (Å²) in [5.41, 5.74) is 3.36. The maximum atomic E-state index is 12.4. The quantitative estimate of drug-likeness (QED) is 0.0857. The summed E-state index contributed by atoms with van der Waals surface area (Å²) < 4.78 is 11.0. The summed E-state index contributed by atoms with van der Waals surface area (Å²) in [4.78, 5) is 24.8. The highest BCUT2D eigenvalue weighted by Gasteiger charge is 2.22. The van der Waals surface area contributed by atoms with Crippen LogP contribution in [0.3, 0.4) is 0 Å². The normalized spacial score (nSPS) is 17.4. The van der Waals surface area contributed by atoms with Crippen molar-refractivity contribution < 1.29 is 29.3 Å². The second-order valence-electron chi connectivity index (χ2n) is 12.1. The van der Waals surface area contributed by atoms with Gasteiger partial charge in [0.2, 0.25) is 0 Å². The predicted octanol–water partition coefficient (Wildman–Crippen LogP) is 8.13. The fourth-order valence-electron chi connectivity index (χ4n) is 5.93. The predicted molar refractivity (Wildman–Crippen MR) is 171 cm³/mol. The molecule has 3 aromatic rings. The average molecular weight is 587 g/mol. The molecule has 1 aliphatic rings. The number of aliphatic hydroxyl groups is 2. The van der Waals surface area contributed by atoms with Crippen LogP contribution in [0.15, 0.2) is 66.7 Å². The Kier molecular flexibility index (Phi) is 11.9. The third-order valence-electron chi connectivity index (χ3n) is 8.74. The molecule has 0 spiro atoms. The topological polar surface area (TPSA) is 93.1 Å². The SMILES string of the molecule is C=C(CO)C(=O)Oc1cc(OC(=O)C(C)CO)cc2cc(-c3ccc(C4CCC(CCCCCCC)CC4)cc3)ccc12. The van der Waals surface area contributed by atoms with Gasteiger partial charge in [0.25, 0.3) is 0 Å². The third-order valence-corrected chi connectivity index (χ3v) is 8.74. The number of rotatable bonds is 14. The first-order chi connectivity index (χ1) is 20.8. The van der Waals surface area contributed by atoms with Gasteiger partial charge in [0.1, 0.15) is 11.5 Å². The lowest BCUT2D eigenvalue weighted by Crippen LogP contribution is -2.20. The van der Waals surface area contributed by atoms with Crippen molar-refractivity contribution in [3.8, 4) is 22.6 Å². The third kappa shape index (κ3) is 8.77. The fraction of sp³-hybridized carbons (Fsp3) is 0.459. The van der Waals surface area contributed by atoms with Gasteiger partial charge < -0.3 is 19.7 Å². The van der Waals surface area contributed by atoms with Gasteiger partial charge in [0, 0.05) is 11.5 Å². The first-order valence-corrected chi connectivity index (χ1v) is 15.8. The van der Waals surface area contributed by atoms with Crippen molar-refractivity contribution in [1.29, 1.82) is 0 Å². The maximum absolute atomic E-state index is 12.4. The number of hydrogen-bond acceptors (Lipinski definition) is 6. The van der Waals surface area contributed by atoms with Gasteiger partial charge in [-0.25, -0.2) is 4.79 Å². The summed E-state index contributed by atoms with van der Waals surface area (Å²) in [6.07, 6.45) is 13.4. The summed E-state index contributed by atoms with van der Waals surface area (Å²) >= 11 is 0. The number of ether oxygens (including phenoxy) is 2. The molecule has 1 fully saturated rings. The molecule has 0 aromatic heterocycles. The molecule has 6 nitrogen and oxygen atoms in total. The van der Waals surface area contributed by atoms with Crippen LogP contribution < -0.4 is 9.47 Å². The molecule has 0 aliphatic heterocycles. The number of fused-ring (bicyclic) bond motifs is 1. The second-order valence-corrected chi connectivity index (χ2v) is 12.1. The zero-order valence-corrected chi connectivity index (χ0v) is 25.6. The fourth-order valence-corrected chi connectivity index (χ4v) is 5.93. The van der Waals surface area contributed by atoms with Crippen molar-refractivity contribution in [3.05, 3.63) is 72.3 Å². The average Bonchev–Trinajstić information content (AvgIpc) is 3.03. The Bertz CT molecular complexity index is 1380. The van der Waals surface area contributed by atoms with Gasteiger partial charge in [-0.2, -0.15) is 0 Å². The van der Waals surface area contributed by atoms with Crippen LogP contribution in [-0.2, 0) is 9.59 Å². The van der Waals surface area contributed by atoms with Crippen molar-refractivity contribution >= 4 is 22.7 Å². The molecule has 43 heavy (non-hydrogen) atoms. The molecule has 2 N–H and O–H groups in total. The minimum atomic E-state index is -0.767. The molecule has 1 saturated carbocycles. The van der Waals surface area contributed by atoms with Crippen molar-refractivity contribution in [1.82, 2.24) is 0 Å². The Labute approximate surface area is 255 Å². The Hall–Kier alpha value is -3.48. The molecule has 0 amide bonds. The number of carbonyl (C=O) groups excluding carboxylic acids is 2. The summed E-state index contributed by atoms with van der Waals surface area (Å²) in [5.74, 6) is -0.174. The maximum Gasteiger partial charge on any atom is 0.341 e. The van der Waals surface area contributed by atoms with E-state index in [9.17, 15) is 19.8 Å². The van der Waals surface area contributed by atoms with Gasteiger partial charge >= 0.3 is 11.9 Å². The number of esters is 2.